The molecule has 0 spiro atoms. The van der Waals surface area contributed by atoms with Gasteiger partial charge in [0.15, 0.2) is 0 Å². The molecule has 0 bridgehead atoms. The van der Waals surface area contributed by atoms with Crippen LogP contribution in [-0.2, 0) is 0 Å². The van der Waals surface area contributed by atoms with E-state index in [0.717, 1.165) is 6.54 Å². The van der Waals surface area contributed by atoms with Gasteiger partial charge in [-0.3, -0.25) is 0 Å². The predicted octanol–water partition coefficient (Wildman–Crippen LogP) is 2.31. The molecule has 0 aromatic heterocycles. The number of hydrogen-bond donors (Lipinski definition) is 1. The molecule has 0 radical (unpaired) electrons. The van der Waals surface area contributed by atoms with Crippen LogP contribution < -0.4 is 5.73 Å². The van der Waals surface area contributed by atoms with E-state index in [-0.39, 0.29) is 0 Å². The van der Waals surface area contributed by atoms with Crippen LogP contribution in [0.1, 0.15) is 45.4 Å². The Morgan fingerprint density at radius 2 is 1.90 bits per heavy atom. The minimum atomic E-state index is 0.666. The van der Waals surface area contributed by atoms with Gasteiger partial charge >= 0.3 is 0 Å². The Hall–Kier alpha value is -0.0400. The minimum absolute atomic E-state index is 0.666. The van der Waals surface area contributed by atoms with Gasteiger partial charge in [-0.2, -0.15) is 0 Å². The van der Waals surface area contributed by atoms with Crippen LogP contribution in [0.4, 0.5) is 0 Å². The van der Waals surface area contributed by atoms with Gasteiger partial charge in [-0.1, -0.05) is 19.8 Å². The lowest BCUT2D eigenvalue weighted by molar-refractivity contribution is 0.301. The van der Waals surface area contributed by atoms with E-state index in [0.29, 0.717) is 5.41 Å². The summed E-state index contributed by atoms with van der Waals surface area (Å²) in [5.74, 6) is 0. The van der Waals surface area contributed by atoms with Crippen molar-refractivity contribution in [3.8, 4) is 0 Å². The van der Waals surface area contributed by atoms with E-state index in [1.807, 2.05) is 0 Å². The molecule has 1 aliphatic carbocycles. The Labute approximate surface area is 64.0 Å². The van der Waals surface area contributed by atoms with E-state index in [9.17, 15) is 0 Å². The highest BCUT2D eigenvalue weighted by molar-refractivity contribution is 4.79. The third kappa shape index (κ3) is 1.98. The molecule has 1 fully saturated rings. The monoisotopic (exact) mass is 141 g/mol. The summed E-state index contributed by atoms with van der Waals surface area (Å²) in [6.07, 6.45) is 8.34. The summed E-state index contributed by atoms with van der Waals surface area (Å²) in [6.45, 7) is 3.28. The summed E-state index contributed by atoms with van der Waals surface area (Å²) in [5, 5.41) is 0. The standard InChI is InChI=1S/C9H19N/c1-9(7-4-8-10)5-2-3-6-9/h2-8,10H2,1H3. The normalized spacial score (nSPS) is 23.4. The first-order chi connectivity index (χ1) is 4.77. The van der Waals surface area contributed by atoms with Gasteiger partial charge in [0, 0.05) is 0 Å². The first kappa shape index (κ1) is 8.06. The van der Waals surface area contributed by atoms with Crippen LogP contribution in [-0.4, -0.2) is 6.54 Å². The molecule has 0 heterocycles. The van der Waals surface area contributed by atoms with Gasteiger partial charge in [-0.05, 0) is 37.6 Å². The average molecular weight is 141 g/mol. The van der Waals surface area contributed by atoms with Gasteiger partial charge in [0.05, 0.1) is 0 Å². The van der Waals surface area contributed by atoms with Crippen LogP contribution in [0.3, 0.4) is 0 Å². The van der Waals surface area contributed by atoms with Crippen molar-refractivity contribution >= 4 is 0 Å². The second kappa shape index (κ2) is 3.38. The first-order valence-electron chi connectivity index (χ1n) is 4.47. The molecule has 0 saturated heterocycles. The summed E-state index contributed by atoms with van der Waals surface area (Å²) in [7, 11) is 0. The van der Waals surface area contributed by atoms with Crippen molar-refractivity contribution in [2.45, 2.75) is 45.4 Å². The molecule has 10 heavy (non-hydrogen) atoms. The van der Waals surface area contributed by atoms with Crippen molar-refractivity contribution in [2.24, 2.45) is 11.1 Å². The van der Waals surface area contributed by atoms with Gasteiger partial charge in [0.25, 0.3) is 0 Å². The lowest BCUT2D eigenvalue weighted by atomic mass is 9.84. The summed E-state index contributed by atoms with van der Waals surface area (Å²) in [5.41, 5.74) is 6.13. The van der Waals surface area contributed by atoms with E-state index >= 15 is 0 Å². The largest absolute Gasteiger partial charge is 0.330 e. The van der Waals surface area contributed by atoms with Gasteiger partial charge in [0.1, 0.15) is 0 Å². The Kier molecular flexibility index (Phi) is 2.72. The van der Waals surface area contributed by atoms with Gasteiger partial charge in [-0.25, -0.2) is 0 Å². The summed E-state index contributed by atoms with van der Waals surface area (Å²) >= 11 is 0. The van der Waals surface area contributed by atoms with Crippen molar-refractivity contribution in [2.75, 3.05) is 6.54 Å². The van der Waals surface area contributed by atoms with Crippen molar-refractivity contribution in [1.29, 1.82) is 0 Å². The van der Waals surface area contributed by atoms with Crippen LogP contribution >= 0.6 is 0 Å². The van der Waals surface area contributed by atoms with Crippen LogP contribution in [0.15, 0.2) is 0 Å². The molecule has 0 unspecified atom stereocenters. The third-order valence-corrected chi connectivity index (χ3v) is 2.80. The Morgan fingerprint density at radius 3 is 2.40 bits per heavy atom. The topological polar surface area (TPSA) is 26.0 Å². The van der Waals surface area contributed by atoms with E-state index in [2.05, 4.69) is 6.92 Å². The zero-order chi connectivity index (χ0) is 7.45. The highest BCUT2D eigenvalue weighted by Gasteiger charge is 2.27. The lowest BCUT2D eigenvalue weighted by Crippen LogP contribution is -2.13. The lowest BCUT2D eigenvalue weighted by Gasteiger charge is -2.22. The second-order valence-corrected chi connectivity index (χ2v) is 3.91. The Balaban J connectivity index is 2.22. The smallest absolute Gasteiger partial charge is 0.00771 e. The molecule has 1 saturated carbocycles. The van der Waals surface area contributed by atoms with Crippen LogP contribution in [0.2, 0.25) is 0 Å². The molecule has 0 aromatic rings. The minimum Gasteiger partial charge on any atom is -0.330 e. The summed E-state index contributed by atoms with van der Waals surface area (Å²) in [6, 6.07) is 0. The van der Waals surface area contributed by atoms with Gasteiger partial charge in [-0.15, -0.1) is 0 Å². The molecule has 1 nitrogen and oxygen atoms in total. The highest BCUT2D eigenvalue weighted by atomic mass is 14.5. The molecule has 2 N–H and O–H groups in total. The fourth-order valence-electron chi connectivity index (χ4n) is 2.01. The van der Waals surface area contributed by atoms with Gasteiger partial charge < -0.3 is 5.73 Å². The maximum Gasteiger partial charge on any atom is -0.00771 e. The van der Waals surface area contributed by atoms with E-state index in [1.54, 1.807) is 0 Å². The molecule has 1 heteroatoms. The fraction of sp³-hybridized carbons (Fsp3) is 1.00. The van der Waals surface area contributed by atoms with Crippen molar-refractivity contribution in [1.82, 2.24) is 0 Å². The Bertz CT molecular complexity index is 92.9. The maximum absolute atomic E-state index is 5.47. The zero-order valence-electron chi connectivity index (χ0n) is 7.03. The average Bonchev–Trinajstić information content (AvgIpc) is 2.33. The summed E-state index contributed by atoms with van der Waals surface area (Å²) < 4.78 is 0. The van der Waals surface area contributed by atoms with Crippen molar-refractivity contribution in [3.05, 3.63) is 0 Å². The molecule has 0 atom stereocenters. The van der Waals surface area contributed by atoms with Crippen molar-refractivity contribution in [3.63, 3.8) is 0 Å². The number of nitrogens with two attached hydrogens (primary N) is 1. The fourth-order valence-corrected chi connectivity index (χ4v) is 2.01. The Morgan fingerprint density at radius 1 is 1.30 bits per heavy atom. The molecular weight excluding hydrogens is 122 g/mol. The first-order valence-corrected chi connectivity index (χ1v) is 4.47. The molecule has 1 rings (SSSR count). The van der Waals surface area contributed by atoms with E-state index < -0.39 is 0 Å². The zero-order valence-corrected chi connectivity index (χ0v) is 7.03. The van der Waals surface area contributed by atoms with Crippen LogP contribution in [0.5, 0.6) is 0 Å². The predicted molar refractivity (Wildman–Crippen MR) is 44.9 cm³/mol. The van der Waals surface area contributed by atoms with E-state index in [4.69, 9.17) is 5.73 Å². The number of hydrogen-bond acceptors (Lipinski definition) is 1. The number of rotatable bonds is 3. The molecule has 0 aliphatic heterocycles. The maximum atomic E-state index is 5.47. The van der Waals surface area contributed by atoms with Crippen LogP contribution in [0, 0.1) is 5.41 Å². The molecule has 60 valence electrons. The molecule has 1 aliphatic rings. The second-order valence-electron chi connectivity index (χ2n) is 3.91. The highest BCUT2D eigenvalue weighted by Crippen LogP contribution is 2.40. The van der Waals surface area contributed by atoms with Crippen LogP contribution in [0.25, 0.3) is 0 Å². The molecule has 0 aromatic carbocycles. The van der Waals surface area contributed by atoms with E-state index in [1.165, 1.54) is 38.5 Å². The quantitative estimate of drug-likeness (QED) is 0.641. The summed E-state index contributed by atoms with van der Waals surface area (Å²) in [4.78, 5) is 0. The van der Waals surface area contributed by atoms with Crippen molar-refractivity contribution < 1.29 is 0 Å². The van der Waals surface area contributed by atoms with Gasteiger partial charge in [0.2, 0.25) is 0 Å². The molecular formula is C9H19N. The molecule has 0 amide bonds. The SMILES string of the molecule is CC1(CCCN)CCCC1. The third-order valence-electron chi connectivity index (χ3n) is 2.80.